The van der Waals surface area contributed by atoms with Gasteiger partial charge in [-0.3, -0.25) is 14.9 Å². The fourth-order valence-corrected chi connectivity index (χ4v) is 6.41. The number of aromatic hydroxyl groups is 1. The van der Waals surface area contributed by atoms with Gasteiger partial charge >= 0.3 is 11.7 Å². The van der Waals surface area contributed by atoms with Crippen molar-refractivity contribution in [2.24, 2.45) is 0 Å². The maximum atomic E-state index is 13.8. The van der Waals surface area contributed by atoms with E-state index in [1.165, 1.54) is 12.1 Å². The Morgan fingerprint density at radius 2 is 2.15 bits per heavy atom. The first-order chi connectivity index (χ1) is 18.8. The second-order valence-electron chi connectivity index (χ2n) is 9.84. The Morgan fingerprint density at radius 1 is 1.33 bits per heavy atom. The summed E-state index contributed by atoms with van der Waals surface area (Å²) in [5.74, 6) is -2.44. The Labute approximate surface area is 229 Å². The summed E-state index contributed by atoms with van der Waals surface area (Å²) < 4.78 is 16.7. The van der Waals surface area contributed by atoms with E-state index in [4.69, 9.17) is 14.2 Å². The third kappa shape index (κ3) is 5.28. The smallest absolute Gasteiger partial charge is 0.336 e. The number of ketones is 1. The van der Waals surface area contributed by atoms with Crippen molar-refractivity contribution in [2.45, 2.75) is 57.5 Å². The van der Waals surface area contributed by atoms with Crippen LogP contribution in [0.15, 0.2) is 52.2 Å². The number of rotatable bonds is 8. The van der Waals surface area contributed by atoms with Crippen LogP contribution in [0.25, 0.3) is 0 Å². The molecule has 1 aromatic carbocycles. The molecule has 2 aliphatic heterocycles. The summed E-state index contributed by atoms with van der Waals surface area (Å²) in [4.78, 5) is 39.5. The molecular weight excluding hydrogens is 524 g/mol. The van der Waals surface area contributed by atoms with Crippen LogP contribution in [0.5, 0.6) is 11.5 Å². The van der Waals surface area contributed by atoms with Crippen molar-refractivity contribution < 1.29 is 33.8 Å². The van der Waals surface area contributed by atoms with Crippen molar-refractivity contribution in [1.29, 1.82) is 0 Å². The molecule has 0 saturated carbocycles. The monoisotopic (exact) mass is 554 g/mol. The SMILES string of the molecule is CCOc1cc([C@@H]2C(C(=O)OC[C@H]3CCCO3)=C(C)NC3=C2C(=O)C[C@@H](c2cccs2)C3)cc([N+](=O)[O-])c1O. The first-order valence-corrected chi connectivity index (χ1v) is 13.9. The molecule has 2 aromatic rings. The zero-order valence-electron chi connectivity index (χ0n) is 21.7. The van der Waals surface area contributed by atoms with Crippen LogP contribution in [0.1, 0.15) is 61.8 Å². The molecule has 0 bridgehead atoms. The number of carbonyl (C=O) groups is 2. The molecule has 1 aliphatic carbocycles. The van der Waals surface area contributed by atoms with Gasteiger partial charge in [-0.25, -0.2) is 4.79 Å². The van der Waals surface area contributed by atoms with Gasteiger partial charge in [0.05, 0.1) is 23.2 Å². The lowest BCUT2D eigenvalue weighted by molar-refractivity contribution is -0.386. The lowest BCUT2D eigenvalue weighted by Crippen LogP contribution is -2.36. The number of nitrogens with zero attached hydrogens (tertiary/aromatic N) is 1. The highest BCUT2D eigenvalue weighted by Crippen LogP contribution is 2.49. The maximum absolute atomic E-state index is 13.8. The summed E-state index contributed by atoms with van der Waals surface area (Å²) in [6.45, 7) is 4.26. The molecule has 1 saturated heterocycles. The maximum Gasteiger partial charge on any atom is 0.336 e. The zero-order chi connectivity index (χ0) is 27.7. The highest BCUT2D eigenvalue weighted by molar-refractivity contribution is 7.10. The molecule has 2 N–H and O–H groups in total. The summed E-state index contributed by atoms with van der Waals surface area (Å²) in [7, 11) is 0. The highest BCUT2D eigenvalue weighted by atomic mass is 32.1. The molecule has 10 nitrogen and oxygen atoms in total. The van der Waals surface area contributed by atoms with Gasteiger partial charge in [-0.2, -0.15) is 0 Å². The Bertz CT molecular complexity index is 1360. The summed E-state index contributed by atoms with van der Waals surface area (Å²) in [5, 5.41) is 27.6. The standard InChI is InChI=1S/C28H30N2O8S/c1-3-36-22-13-17(11-20(27(22)32)30(34)35)25-24(28(33)38-14-18-6-4-8-37-18)15(2)29-19-10-16(12-21(31)26(19)25)23-7-5-9-39-23/h5,7,9,11,13,16,18,25,29,32H,3-4,6,8,10,12,14H2,1-2H3/t16-,18+,25+/m0/s1. The number of dihydropyridines is 1. The molecule has 5 rings (SSSR count). The molecule has 0 amide bonds. The van der Waals surface area contributed by atoms with Crippen LogP contribution in [0.2, 0.25) is 0 Å². The Kier molecular flexibility index (Phi) is 7.72. The molecule has 206 valence electrons. The van der Waals surface area contributed by atoms with Gasteiger partial charge in [0.25, 0.3) is 0 Å². The topological polar surface area (TPSA) is 137 Å². The quantitative estimate of drug-likeness (QED) is 0.267. The fourth-order valence-electron chi connectivity index (χ4n) is 5.58. The summed E-state index contributed by atoms with van der Waals surface area (Å²) >= 11 is 1.59. The van der Waals surface area contributed by atoms with Gasteiger partial charge < -0.3 is 24.6 Å². The van der Waals surface area contributed by atoms with Gasteiger partial charge in [-0.1, -0.05) is 6.07 Å². The highest BCUT2D eigenvalue weighted by Gasteiger charge is 2.43. The van der Waals surface area contributed by atoms with Crippen LogP contribution >= 0.6 is 11.3 Å². The lowest BCUT2D eigenvalue weighted by atomic mass is 9.72. The van der Waals surface area contributed by atoms with Gasteiger partial charge in [0.2, 0.25) is 5.75 Å². The van der Waals surface area contributed by atoms with E-state index in [2.05, 4.69) is 5.32 Å². The van der Waals surface area contributed by atoms with E-state index in [0.717, 1.165) is 17.7 Å². The number of hydrogen-bond acceptors (Lipinski definition) is 10. The number of phenols is 1. The first-order valence-electron chi connectivity index (χ1n) is 13.0. The number of allylic oxidation sites excluding steroid dienone is 3. The molecule has 0 unspecified atom stereocenters. The first kappa shape index (κ1) is 26.9. The summed E-state index contributed by atoms with van der Waals surface area (Å²) in [5.41, 5.74) is 1.47. The summed E-state index contributed by atoms with van der Waals surface area (Å²) in [6.07, 6.45) is 2.27. The fraction of sp³-hybridized carbons (Fsp3) is 0.429. The van der Waals surface area contributed by atoms with Crippen LogP contribution in [0.3, 0.4) is 0 Å². The predicted octanol–water partition coefficient (Wildman–Crippen LogP) is 4.84. The Morgan fingerprint density at radius 3 is 2.82 bits per heavy atom. The molecule has 3 aliphatic rings. The minimum absolute atomic E-state index is 0.0154. The van der Waals surface area contributed by atoms with Crippen LogP contribution < -0.4 is 10.1 Å². The normalized spacial score (nSPS) is 22.9. The van der Waals surface area contributed by atoms with E-state index in [0.29, 0.717) is 35.6 Å². The van der Waals surface area contributed by atoms with Crippen molar-refractivity contribution >= 4 is 28.8 Å². The number of phenolic OH excluding ortho intramolecular Hbond substituents is 1. The van der Waals surface area contributed by atoms with Crippen molar-refractivity contribution in [3.63, 3.8) is 0 Å². The minimum Gasteiger partial charge on any atom is -0.500 e. The second-order valence-corrected chi connectivity index (χ2v) is 10.8. The number of nitrogens with one attached hydrogen (secondary N) is 1. The number of nitro benzene ring substituents is 1. The lowest BCUT2D eigenvalue weighted by Gasteiger charge is -2.36. The van der Waals surface area contributed by atoms with Crippen molar-refractivity contribution in [3.8, 4) is 11.5 Å². The van der Waals surface area contributed by atoms with E-state index in [1.807, 2.05) is 17.5 Å². The van der Waals surface area contributed by atoms with Gasteiger partial charge in [0.15, 0.2) is 11.5 Å². The third-order valence-corrected chi connectivity index (χ3v) is 8.36. The molecule has 11 heteroatoms. The molecule has 1 aromatic heterocycles. The number of Topliss-reactive ketones (excluding diaryl/α,β-unsaturated/α-hetero) is 1. The Balaban J connectivity index is 1.60. The number of thiophene rings is 1. The van der Waals surface area contributed by atoms with Crippen LogP contribution in [-0.4, -0.2) is 47.7 Å². The molecule has 0 spiro atoms. The number of benzene rings is 1. The number of carbonyl (C=O) groups excluding carboxylic acids is 2. The van der Waals surface area contributed by atoms with E-state index in [1.54, 1.807) is 25.2 Å². The van der Waals surface area contributed by atoms with Crippen LogP contribution in [0, 0.1) is 10.1 Å². The van der Waals surface area contributed by atoms with E-state index >= 15 is 0 Å². The van der Waals surface area contributed by atoms with E-state index in [9.17, 15) is 24.8 Å². The summed E-state index contributed by atoms with van der Waals surface area (Å²) in [6, 6.07) is 6.62. The largest absolute Gasteiger partial charge is 0.500 e. The van der Waals surface area contributed by atoms with Gasteiger partial charge in [-0.15, -0.1) is 11.3 Å². The number of nitro groups is 1. The molecular formula is C28H30N2O8S. The van der Waals surface area contributed by atoms with Gasteiger partial charge in [0.1, 0.15) is 6.61 Å². The molecule has 39 heavy (non-hydrogen) atoms. The predicted molar refractivity (Wildman–Crippen MR) is 143 cm³/mol. The molecule has 0 radical (unpaired) electrons. The zero-order valence-corrected chi connectivity index (χ0v) is 22.5. The van der Waals surface area contributed by atoms with Gasteiger partial charge in [0, 0.05) is 52.8 Å². The Hall–Kier alpha value is -3.70. The van der Waals surface area contributed by atoms with Crippen molar-refractivity contribution in [2.75, 3.05) is 19.8 Å². The van der Waals surface area contributed by atoms with Gasteiger partial charge in [-0.05, 0) is 56.2 Å². The molecule has 3 heterocycles. The number of ether oxygens (including phenoxy) is 3. The van der Waals surface area contributed by atoms with Crippen molar-refractivity contribution in [3.05, 3.63) is 72.7 Å². The molecule has 3 atom stereocenters. The number of hydrogen-bond donors (Lipinski definition) is 2. The van der Waals surface area contributed by atoms with E-state index in [-0.39, 0.29) is 48.8 Å². The average molecular weight is 555 g/mol. The van der Waals surface area contributed by atoms with Crippen LogP contribution in [0.4, 0.5) is 5.69 Å². The van der Waals surface area contributed by atoms with Crippen LogP contribution in [-0.2, 0) is 19.1 Å². The minimum atomic E-state index is -0.937. The molecule has 1 fully saturated rings. The van der Waals surface area contributed by atoms with Crippen molar-refractivity contribution in [1.82, 2.24) is 5.32 Å². The third-order valence-electron chi connectivity index (χ3n) is 7.32. The second kappa shape index (κ2) is 11.2. The average Bonchev–Trinajstić information content (AvgIpc) is 3.62. The van der Waals surface area contributed by atoms with E-state index < -0.39 is 28.2 Å². The number of esters is 1.